The minimum atomic E-state index is -5.51. The predicted molar refractivity (Wildman–Crippen MR) is 173 cm³/mol. The number of nitrogens with zero attached hydrogens (tertiary/aromatic N) is 1. The minimum Gasteiger partial charge on any atom is -0.452 e. The van der Waals surface area contributed by atoms with Gasteiger partial charge >= 0.3 is 18.3 Å². The second kappa shape index (κ2) is 18.3. The third-order valence-electron chi connectivity index (χ3n) is 8.37. The van der Waals surface area contributed by atoms with Gasteiger partial charge in [0.05, 0.1) is 17.4 Å². The molecule has 0 bridgehead atoms. The van der Waals surface area contributed by atoms with E-state index in [-0.39, 0.29) is 29.8 Å². The highest BCUT2D eigenvalue weighted by atomic mass is 32.2. The Morgan fingerprint density at radius 3 is 2.29 bits per heavy atom. The Hall–Kier alpha value is -3.57. The van der Waals surface area contributed by atoms with Crippen molar-refractivity contribution in [1.82, 2.24) is 14.9 Å². The van der Waals surface area contributed by atoms with E-state index in [1.54, 1.807) is 12.2 Å². The molecule has 2 N–H and O–H groups in total. The maximum atomic E-state index is 14.2. The number of carbonyl (C=O) groups is 2. The number of hydrogen-bond donors (Lipinski definition) is 2. The number of benzene rings is 2. The number of aryl methyl sites for hydroxylation is 1. The fourth-order valence-corrected chi connectivity index (χ4v) is 7.04. The Labute approximate surface area is 291 Å². The molecule has 1 heterocycles. The van der Waals surface area contributed by atoms with Gasteiger partial charge in [-0.25, -0.2) is 22.0 Å². The fraction of sp³-hybridized carbons (Fsp3) is 0.529. The second-order valence-electron chi connectivity index (χ2n) is 12.3. The molecule has 51 heavy (non-hydrogen) atoms. The van der Waals surface area contributed by atoms with Crippen molar-refractivity contribution >= 4 is 21.9 Å². The third kappa shape index (κ3) is 12.9. The van der Waals surface area contributed by atoms with E-state index in [9.17, 15) is 53.1 Å². The number of carbonyl (C=O) groups excluding carboxylic acids is 2. The second-order valence-corrected chi connectivity index (χ2v) is 14.5. The first-order chi connectivity index (χ1) is 23.8. The highest BCUT2D eigenvalue weighted by Gasteiger charge is 2.44. The molecule has 0 saturated carbocycles. The molecule has 1 amide bonds. The lowest BCUT2D eigenvalue weighted by Crippen LogP contribution is -2.56. The van der Waals surface area contributed by atoms with Gasteiger partial charge in [-0.05, 0) is 79.5 Å². The summed E-state index contributed by atoms with van der Waals surface area (Å²) in [5, 5.41) is 5.17. The van der Waals surface area contributed by atoms with Gasteiger partial charge in [0.25, 0.3) is 0 Å². The number of sulfonamides is 1. The molecule has 1 aliphatic heterocycles. The van der Waals surface area contributed by atoms with Gasteiger partial charge in [-0.3, -0.25) is 4.79 Å². The lowest BCUT2D eigenvalue weighted by molar-refractivity contribution is -0.206. The smallest absolute Gasteiger partial charge is 0.452 e. The highest BCUT2D eigenvalue weighted by molar-refractivity contribution is 7.89. The van der Waals surface area contributed by atoms with Crippen LogP contribution in [0.25, 0.3) is 0 Å². The number of ether oxygens (including phenoxy) is 1. The molecule has 1 aliphatic rings. The lowest BCUT2D eigenvalue weighted by atomic mass is 9.97. The van der Waals surface area contributed by atoms with Gasteiger partial charge in [-0.15, -0.1) is 0 Å². The summed E-state index contributed by atoms with van der Waals surface area (Å²) in [6.45, 7) is 0.873. The van der Waals surface area contributed by atoms with Crippen LogP contribution in [0.1, 0.15) is 67.7 Å². The average Bonchev–Trinajstić information content (AvgIpc) is 3.01. The van der Waals surface area contributed by atoms with Gasteiger partial charge in [0, 0.05) is 26.2 Å². The molecule has 0 aromatic heterocycles. The topological polar surface area (TPSA) is 105 Å². The number of hydrogen-bond acceptors (Lipinski definition) is 6. The summed E-state index contributed by atoms with van der Waals surface area (Å²) < 4.78 is 142. The first-order valence-electron chi connectivity index (χ1n) is 16.4. The number of nitrogens with one attached hydrogen (secondary N) is 2. The molecule has 0 radical (unpaired) electrons. The zero-order valence-corrected chi connectivity index (χ0v) is 28.9. The van der Waals surface area contributed by atoms with E-state index in [4.69, 9.17) is 4.74 Å². The molecule has 2 aromatic carbocycles. The van der Waals surface area contributed by atoms with Crippen LogP contribution in [0.4, 0.5) is 35.1 Å². The van der Waals surface area contributed by atoms with Gasteiger partial charge in [0.1, 0.15) is 23.8 Å². The fourth-order valence-electron chi connectivity index (χ4n) is 5.61. The number of fused-ring (bicyclic) bond motifs is 1. The van der Waals surface area contributed by atoms with Gasteiger partial charge in [0.15, 0.2) is 0 Å². The van der Waals surface area contributed by atoms with Crippen LogP contribution in [-0.2, 0) is 49.9 Å². The first-order valence-corrected chi connectivity index (χ1v) is 18.0. The number of amides is 1. The van der Waals surface area contributed by atoms with E-state index < -0.39 is 82.6 Å². The van der Waals surface area contributed by atoms with E-state index in [1.165, 1.54) is 13.1 Å². The minimum absolute atomic E-state index is 0.155. The lowest BCUT2D eigenvalue weighted by Gasteiger charge is -2.32. The number of likely N-dealkylation sites (N-methyl/N-ethyl adjacent to an activating group) is 1. The molecule has 0 unspecified atom stereocenters. The molecular weight excluding hydrogens is 714 g/mol. The van der Waals surface area contributed by atoms with E-state index >= 15 is 0 Å². The van der Waals surface area contributed by atoms with Crippen LogP contribution in [0.5, 0.6) is 0 Å². The zero-order chi connectivity index (χ0) is 38.0. The quantitative estimate of drug-likeness (QED) is 0.133. The highest BCUT2D eigenvalue weighted by Crippen LogP contribution is 2.31. The number of halogens is 8. The molecule has 0 saturated heterocycles. The van der Waals surface area contributed by atoms with Crippen molar-refractivity contribution in [2.24, 2.45) is 0 Å². The number of unbranched alkanes of at least 4 members (excludes halogenated alkanes) is 2. The van der Waals surface area contributed by atoms with Crippen molar-refractivity contribution in [2.75, 3.05) is 19.3 Å². The molecular formula is C34H41F8N3O5S. The summed E-state index contributed by atoms with van der Waals surface area (Å²) >= 11 is 0. The van der Waals surface area contributed by atoms with Gasteiger partial charge in [-0.2, -0.15) is 30.6 Å². The van der Waals surface area contributed by atoms with Crippen molar-refractivity contribution in [3.8, 4) is 0 Å². The van der Waals surface area contributed by atoms with Crippen LogP contribution < -0.4 is 10.6 Å². The van der Waals surface area contributed by atoms with Crippen LogP contribution in [-0.4, -0.2) is 68.3 Å². The summed E-state index contributed by atoms with van der Waals surface area (Å²) in [5.41, 5.74) is -0.437. The van der Waals surface area contributed by atoms with Crippen molar-refractivity contribution in [3.05, 3.63) is 82.4 Å². The van der Waals surface area contributed by atoms with Crippen LogP contribution in [0, 0.1) is 11.6 Å². The maximum absolute atomic E-state index is 14.2. The van der Waals surface area contributed by atoms with E-state index in [0.29, 0.717) is 50.2 Å². The maximum Gasteiger partial charge on any atom is 0.490 e. The molecule has 0 aliphatic carbocycles. The van der Waals surface area contributed by atoms with Crippen molar-refractivity contribution in [2.45, 2.75) is 95.4 Å². The summed E-state index contributed by atoms with van der Waals surface area (Å²) in [4.78, 5) is 26.0. The van der Waals surface area contributed by atoms with Gasteiger partial charge in [-0.1, -0.05) is 38.0 Å². The van der Waals surface area contributed by atoms with E-state index in [1.807, 2.05) is 6.92 Å². The third-order valence-corrected chi connectivity index (χ3v) is 10.3. The van der Waals surface area contributed by atoms with E-state index in [0.717, 1.165) is 28.6 Å². The van der Waals surface area contributed by atoms with Gasteiger partial charge in [0.2, 0.25) is 15.9 Å². The molecule has 284 valence electrons. The average molecular weight is 756 g/mol. The number of alkyl halides is 6. The Balaban J connectivity index is 2.12. The number of allylic oxidation sites excluding steroid dienone is 1. The molecule has 8 nitrogen and oxygen atoms in total. The van der Waals surface area contributed by atoms with Crippen LogP contribution in [0.3, 0.4) is 0 Å². The zero-order valence-electron chi connectivity index (χ0n) is 28.0. The molecule has 3 atom stereocenters. The molecule has 3 rings (SSSR count). The number of esters is 1. The van der Waals surface area contributed by atoms with Crippen LogP contribution >= 0.6 is 0 Å². The molecule has 0 fully saturated rings. The van der Waals surface area contributed by atoms with Crippen molar-refractivity contribution < 1.29 is 57.9 Å². The summed E-state index contributed by atoms with van der Waals surface area (Å²) in [7, 11) is -2.84. The monoisotopic (exact) mass is 755 g/mol. The van der Waals surface area contributed by atoms with Crippen LogP contribution in [0.15, 0.2) is 48.6 Å². The number of rotatable bonds is 9. The van der Waals surface area contributed by atoms with Crippen molar-refractivity contribution in [1.29, 1.82) is 0 Å². The SMILES string of the molecule is CCCCCS(=O)(=O)N(C)[C@H]1C/C=C/CCCc2ccc(C(F)(F)F)cc2CNC[C@@H](OC(=O)C(F)(F)F)[C@H](Cc2cc(F)cc(F)c2)NC1=O. The Kier molecular flexibility index (Phi) is 15.0. The summed E-state index contributed by atoms with van der Waals surface area (Å²) in [6, 6.07) is 2.27. The Morgan fingerprint density at radius 1 is 0.980 bits per heavy atom. The van der Waals surface area contributed by atoms with Crippen molar-refractivity contribution in [3.63, 3.8) is 0 Å². The first kappa shape index (κ1) is 41.8. The predicted octanol–water partition coefficient (Wildman–Crippen LogP) is 6.38. The molecule has 2 aromatic rings. The van der Waals surface area contributed by atoms with Gasteiger partial charge < -0.3 is 15.4 Å². The standard InChI is InChI=1S/C34H41F8N3O5S/c1-3-4-9-14-51(48,49)45(2)29-11-8-6-5-7-10-23-12-13-25(33(37,38)39)18-24(23)20-43-21-30(50-32(47)34(40,41)42)28(44-31(29)46)17-22-15-26(35)19-27(36)16-22/h6,8,12-13,15-16,18-19,28-30,43H,3-5,7,9-11,14,17,20-21H2,1-2H3,(H,44,46)/b8-6+/t28-,29-,30+/m0/s1. The Bertz CT molecular complexity index is 1610. The largest absolute Gasteiger partial charge is 0.490 e. The summed E-state index contributed by atoms with van der Waals surface area (Å²) in [5.74, 6) is -6.05. The summed E-state index contributed by atoms with van der Waals surface area (Å²) in [6.07, 6.45) is -6.91. The van der Waals surface area contributed by atoms with E-state index in [2.05, 4.69) is 10.6 Å². The molecule has 17 heteroatoms. The van der Waals surface area contributed by atoms with Crippen LogP contribution in [0.2, 0.25) is 0 Å². The Morgan fingerprint density at radius 2 is 1.67 bits per heavy atom. The normalized spacial score (nSPS) is 20.8. The molecule has 0 spiro atoms.